The summed E-state index contributed by atoms with van der Waals surface area (Å²) in [6.45, 7) is 0.0968. The van der Waals surface area contributed by atoms with Crippen molar-refractivity contribution in [3.8, 4) is 0 Å². The van der Waals surface area contributed by atoms with Crippen LogP contribution in [-0.4, -0.2) is 33.6 Å². The van der Waals surface area contributed by atoms with Gasteiger partial charge >= 0.3 is 0 Å². The van der Waals surface area contributed by atoms with E-state index < -0.39 is 25.1 Å². The zero-order valence-electron chi connectivity index (χ0n) is 10.2. The summed E-state index contributed by atoms with van der Waals surface area (Å²) in [4.78, 5) is 6.93. The van der Waals surface area contributed by atoms with Crippen LogP contribution in [0.5, 0.6) is 0 Å². The van der Waals surface area contributed by atoms with Crippen molar-refractivity contribution < 1.29 is 21.7 Å². The standard InChI is InChI=1S/C11H15NO5S2/c13-18(14)7-6-11(9-18)19(15,16)12-17-8-10-4-2-1-3-5-10/h1-5,11-12H,6-9H2. The van der Waals surface area contributed by atoms with E-state index in [1.54, 1.807) is 12.1 Å². The lowest BCUT2D eigenvalue weighted by atomic mass is 10.2. The maximum Gasteiger partial charge on any atom is 0.237 e. The second-order valence-corrected chi connectivity index (χ2v) is 8.58. The van der Waals surface area contributed by atoms with E-state index in [1.165, 1.54) is 0 Å². The summed E-state index contributed by atoms with van der Waals surface area (Å²) in [6.07, 6.45) is 0.117. The van der Waals surface area contributed by atoms with Gasteiger partial charge in [0.2, 0.25) is 10.0 Å². The molecular weight excluding hydrogens is 290 g/mol. The Kier molecular flexibility index (Phi) is 4.24. The molecule has 0 radical (unpaired) electrons. The minimum absolute atomic E-state index is 0.0860. The van der Waals surface area contributed by atoms with Gasteiger partial charge in [-0.2, -0.15) is 0 Å². The number of rotatable bonds is 5. The van der Waals surface area contributed by atoms with Crippen LogP contribution in [0.3, 0.4) is 0 Å². The third-order valence-corrected chi connectivity index (χ3v) is 6.50. The molecule has 19 heavy (non-hydrogen) atoms. The highest BCUT2D eigenvalue weighted by Crippen LogP contribution is 2.18. The minimum atomic E-state index is -3.75. The highest BCUT2D eigenvalue weighted by molar-refractivity contribution is 7.95. The summed E-state index contributed by atoms with van der Waals surface area (Å²) in [7, 11) is -6.98. The molecular formula is C11H15NO5S2. The summed E-state index contributed by atoms with van der Waals surface area (Å²) in [6, 6.07) is 9.08. The number of nitrogens with one attached hydrogen (secondary N) is 1. The molecule has 0 bridgehead atoms. The molecule has 0 saturated carbocycles. The number of hydrogen-bond acceptors (Lipinski definition) is 5. The molecule has 1 unspecified atom stereocenters. The van der Waals surface area contributed by atoms with Crippen LogP contribution in [-0.2, 0) is 31.3 Å². The Morgan fingerprint density at radius 2 is 1.95 bits per heavy atom. The molecule has 1 aromatic carbocycles. The Bertz CT molecular complexity index is 624. The second-order valence-electron chi connectivity index (χ2n) is 4.43. The quantitative estimate of drug-likeness (QED) is 0.786. The molecule has 8 heteroatoms. The lowest BCUT2D eigenvalue weighted by Gasteiger charge is -2.11. The lowest BCUT2D eigenvalue weighted by molar-refractivity contribution is 0.0789. The van der Waals surface area contributed by atoms with Crippen molar-refractivity contribution in [3.05, 3.63) is 35.9 Å². The topological polar surface area (TPSA) is 89.5 Å². The molecule has 2 rings (SSSR count). The van der Waals surface area contributed by atoms with Crippen LogP contribution in [0.2, 0.25) is 0 Å². The Morgan fingerprint density at radius 1 is 1.26 bits per heavy atom. The van der Waals surface area contributed by atoms with Gasteiger partial charge in [0.05, 0.1) is 23.4 Å². The number of benzene rings is 1. The van der Waals surface area contributed by atoms with Crippen molar-refractivity contribution in [1.82, 2.24) is 4.89 Å². The molecule has 1 aliphatic rings. The van der Waals surface area contributed by atoms with Crippen molar-refractivity contribution in [2.24, 2.45) is 0 Å². The minimum Gasteiger partial charge on any atom is -0.282 e. The molecule has 1 fully saturated rings. The fourth-order valence-corrected chi connectivity index (χ4v) is 5.66. The maximum absolute atomic E-state index is 11.8. The van der Waals surface area contributed by atoms with Gasteiger partial charge in [0.25, 0.3) is 0 Å². The summed E-state index contributed by atoms with van der Waals surface area (Å²) in [5.74, 6) is -0.422. The number of hydrogen-bond donors (Lipinski definition) is 1. The molecule has 1 heterocycles. The zero-order valence-corrected chi connectivity index (χ0v) is 11.8. The van der Waals surface area contributed by atoms with E-state index in [-0.39, 0.29) is 24.5 Å². The summed E-state index contributed by atoms with van der Waals surface area (Å²) in [5, 5.41) is -0.923. The highest BCUT2D eigenvalue weighted by Gasteiger charge is 2.37. The Morgan fingerprint density at radius 3 is 2.53 bits per heavy atom. The SMILES string of the molecule is O=S1(=O)CCC(S(=O)(=O)NOCc2ccccc2)C1. The first-order valence-corrected chi connectivity index (χ1v) is 9.13. The first-order valence-electron chi connectivity index (χ1n) is 5.76. The van der Waals surface area contributed by atoms with Gasteiger partial charge in [-0.15, -0.1) is 0 Å². The van der Waals surface area contributed by atoms with Crippen LogP contribution >= 0.6 is 0 Å². The van der Waals surface area contributed by atoms with E-state index in [9.17, 15) is 16.8 Å². The molecule has 0 spiro atoms. The van der Waals surface area contributed by atoms with Crippen LogP contribution in [0.25, 0.3) is 0 Å². The van der Waals surface area contributed by atoms with E-state index in [0.717, 1.165) is 5.56 Å². The Labute approximate surface area is 112 Å². The second kappa shape index (κ2) is 5.58. The average molecular weight is 305 g/mol. The smallest absolute Gasteiger partial charge is 0.237 e. The summed E-state index contributed by atoms with van der Waals surface area (Å²) in [5.41, 5.74) is 0.823. The van der Waals surface area contributed by atoms with Gasteiger partial charge in [-0.05, 0) is 12.0 Å². The third-order valence-electron chi connectivity index (χ3n) is 2.89. The molecule has 1 saturated heterocycles. The molecule has 1 N–H and O–H groups in total. The molecule has 106 valence electrons. The molecule has 0 aromatic heterocycles. The van der Waals surface area contributed by atoms with Crippen LogP contribution in [0, 0.1) is 0 Å². The molecule has 1 atom stereocenters. The van der Waals surface area contributed by atoms with Gasteiger partial charge in [-0.3, -0.25) is 4.84 Å². The van der Waals surface area contributed by atoms with Crippen molar-refractivity contribution in [2.75, 3.05) is 11.5 Å². The van der Waals surface area contributed by atoms with Crippen LogP contribution in [0.4, 0.5) is 0 Å². The van der Waals surface area contributed by atoms with Crippen molar-refractivity contribution in [2.45, 2.75) is 18.3 Å². The number of sulfone groups is 1. The zero-order chi connectivity index (χ0) is 13.9. The molecule has 1 aliphatic heterocycles. The van der Waals surface area contributed by atoms with E-state index >= 15 is 0 Å². The van der Waals surface area contributed by atoms with Crippen LogP contribution < -0.4 is 4.89 Å². The summed E-state index contributed by atoms with van der Waals surface area (Å²) >= 11 is 0. The van der Waals surface area contributed by atoms with Gasteiger partial charge in [0, 0.05) is 0 Å². The monoisotopic (exact) mass is 305 g/mol. The van der Waals surface area contributed by atoms with Crippen LogP contribution in [0.1, 0.15) is 12.0 Å². The first kappa shape index (κ1) is 14.4. The maximum atomic E-state index is 11.8. The van der Waals surface area contributed by atoms with Crippen molar-refractivity contribution in [1.29, 1.82) is 0 Å². The fourth-order valence-electron chi connectivity index (χ4n) is 1.84. The highest BCUT2D eigenvalue weighted by atomic mass is 32.2. The van der Waals surface area contributed by atoms with Gasteiger partial charge < -0.3 is 0 Å². The average Bonchev–Trinajstić information content (AvgIpc) is 2.72. The largest absolute Gasteiger partial charge is 0.282 e. The normalized spacial score (nSPS) is 22.4. The molecule has 0 aliphatic carbocycles. The van der Waals surface area contributed by atoms with E-state index in [0.29, 0.717) is 0 Å². The Balaban J connectivity index is 1.89. The fraction of sp³-hybridized carbons (Fsp3) is 0.455. The van der Waals surface area contributed by atoms with Gasteiger partial charge in [-0.25, -0.2) is 16.8 Å². The van der Waals surface area contributed by atoms with Crippen LogP contribution in [0.15, 0.2) is 30.3 Å². The van der Waals surface area contributed by atoms with Crippen molar-refractivity contribution >= 4 is 19.9 Å². The van der Waals surface area contributed by atoms with E-state index in [4.69, 9.17) is 4.84 Å². The Hall–Kier alpha value is -0.960. The van der Waals surface area contributed by atoms with E-state index in [1.807, 2.05) is 23.1 Å². The third kappa shape index (κ3) is 4.00. The van der Waals surface area contributed by atoms with E-state index in [2.05, 4.69) is 0 Å². The summed E-state index contributed by atoms with van der Waals surface area (Å²) < 4.78 is 46.1. The first-order chi connectivity index (χ1) is 8.89. The van der Waals surface area contributed by atoms with Gasteiger partial charge in [-0.1, -0.05) is 35.2 Å². The molecule has 6 nitrogen and oxygen atoms in total. The number of sulfonamides is 1. The predicted molar refractivity (Wildman–Crippen MR) is 70.3 cm³/mol. The van der Waals surface area contributed by atoms with Crippen molar-refractivity contribution in [3.63, 3.8) is 0 Å². The molecule has 1 aromatic rings. The lowest BCUT2D eigenvalue weighted by Crippen LogP contribution is -2.35. The van der Waals surface area contributed by atoms with Gasteiger partial charge in [0.1, 0.15) is 0 Å². The predicted octanol–water partition coefficient (Wildman–Crippen LogP) is 0.225. The van der Waals surface area contributed by atoms with Gasteiger partial charge in [0.15, 0.2) is 9.84 Å². The molecule has 0 amide bonds.